The predicted molar refractivity (Wildman–Crippen MR) is 56.1 cm³/mol. The van der Waals surface area contributed by atoms with E-state index in [4.69, 9.17) is 0 Å². The molecule has 1 fully saturated rings. The van der Waals surface area contributed by atoms with Gasteiger partial charge >= 0.3 is 0 Å². The number of thiophene rings is 1. The molecule has 1 heterocycles. The minimum atomic E-state index is -0.0423. The topological polar surface area (TPSA) is 20.2 Å². The normalized spacial score (nSPS) is 18.9. The van der Waals surface area contributed by atoms with Crippen molar-refractivity contribution in [1.82, 2.24) is 0 Å². The molecule has 0 radical (unpaired) electrons. The van der Waals surface area contributed by atoms with Crippen LogP contribution in [0.4, 0.5) is 0 Å². The molecule has 1 aromatic heterocycles. The summed E-state index contributed by atoms with van der Waals surface area (Å²) >= 11 is 1.80. The van der Waals surface area contributed by atoms with E-state index >= 15 is 0 Å². The van der Waals surface area contributed by atoms with E-state index in [0.717, 1.165) is 12.8 Å². The van der Waals surface area contributed by atoms with E-state index in [1.165, 1.54) is 23.3 Å². The van der Waals surface area contributed by atoms with E-state index in [2.05, 4.69) is 18.4 Å². The quantitative estimate of drug-likeness (QED) is 0.785. The lowest BCUT2D eigenvalue weighted by Crippen LogP contribution is -2.10. The monoisotopic (exact) mass is 196 g/mol. The van der Waals surface area contributed by atoms with Gasteiger partial charge in [0.25, 0.3) is 0 Å². The van der Waals surface area contributed by atoms with Crippen molar-refractivity contribution >= 4 is 11.3 Å². The van der Waals surface area contributed by atoms with Gasteiger partial charge in [-0.25, -0.2) is 0 Å². The largest absolute Gasteiger partial charge is 0.393 e. The van der Waals surface area contributed by atoms with Crippen LogP contribution in [0.25, 0.3) is 0 Å². The first-order valence-electron chi connectivity index (χ1n) is 4.98. The Morgan fingerprint density at radius 2 is 2.38 bits per heavy atom. The molecule has 1 unspecified atom stereocenters. The Bertz CT molecular complexity index is 275. The highest BCUT2D eigenvalue weighted by atomic mass is 32.1. The predicted octanol–water partition coefficient (Wildman–Crippen LogP) is 2.76. The summed E-state index contributed by atoms with van der Waals surface area (Å²) < 4.78 is 0. The molecule has 1 aliphatic rings. The zero-order valence-electron chi connectivity index (χ0n) is 7.99. The molecular weight excluding hydrogens is 180 g/mol. The Hall–Kier alpha value is -0.340. The highest BCUT2D eigenvalue weighted by Crippen LogP contribution is 2.34. The summed E-state index contributed by atoms with van der Waals surface area (Å²) in [5.74, 6) is 0.624. The molecule has 1 N–H and O–H groups in total. The summed E-state index contributed by atoms with van der Waals surface area (Å²) in [6.45, 7) is 2.16. The van der Waals surface area contributed by atoms with Crippen LogP contribution in [0, 0.1) is 12.8 Å². The second-order valence-electron chi connectivity index (χ2n) is 3.95. The Morgan fingerprint density at radius 1 is 1.62 bits per heavy atom. The lowest BCUT2D eigenvalue weighted by Gasteiger charge is -2.07. The third kappa shape index (κ3) is 2.32. The van der Waals surface area contributed by atoms with Gasteiger partial charge in [0.2, 0.25) is 0 Å². The molecule has 1 aromatic rings. The summed E-state index contributed by atoms with van der Waals surface area (Å²) in [5, 5.41) is 11.8. The first-order valence-corrected chi connectivity index (χ1v) is 5.86. The first-order chi connectivity index (χ1) is 6.27. The van der Waals surface area contributed by atoms with E-state index in [9.17, 15) is 5.11 Å². The third-order valence-corrected chi connectivity index (χ3v) is 3.73. The maximum absolute atomic E-state index is 9.68. The van der Waals surface area contributed by atoms with Gasteiger partial charge in [0.15, 0.2) is 0 Å². The third-order valence-electron chi connectivity index (χ3n) is 2.84. The number of rotatable bonds is 4. The number of aliphatic hydroxyl groups excluding tert-OH is 1. The minimum Gasteiger partial charge on any atom is -0.393 e. The molecule has 2 heteroatoms. The van der Waals surface area contributed by atoms with Crippen molar-refractivity contribution in [2.24, 2.45) is 5.92 Å². The second kappa shape index (κ2) is 3.81. The molecule has 0 bridgehead atoms. The van der Waals surface area contributed by atoms with Crippen molar-refractivity contribution in [3.63, 3.8) is 0 Å². The van der Waals surface area contributed by atoms with E-state index in [1.807, 2.05) is 0 Å². The van der Waals surface area contributed by atoms with Crippen LogP contribution in [0.15, 0.2) is 11.4 Å². The molecule has 13 heavy (non-hydrogen) atoms. The van der Waals surface area contributed by atoms with Gasteiger partial charge in [-0.2, -0.15) is 0 Å². The van der Waals surface area contributed by atoms with Crippen LogP contribution >= 0.6 is 11.3 Å². The van der Waals surface area contributed by atoms with Gasteiger partial charge in [0, 0.05) is 4.88 Å². The SMILES string of the molecule is Cc1sccc1CCC(O)C1CC1. The van der Waals surface area contributed by atoms with E-state index in [1.54, 1.807) is 11.3 Å². The van der Waals surface area contributed by atoms with Gasteiger partial charge in [0.05, 0.1) is 6.10 Å². The number of hydrogen-bond donors (Lipinski definition) is 1. The van der Waals surface area contributed by atoms with Gasteiger partial charge < -0.3 is 5.11 Å². The fraction of sp³-hybridized carbons (Fsp3) is 0.636. The lowest BCUT2D eigenvalue weighted by molar-refractivity contribution is 0.142. The average molecular weight is 196 g/mol. The molecule has 0 saturated heterocycles. The highest BCUT2D eigenvalue weighted by Gasteiger charge is 2.29. The van der Waals surface area contributed by atoms with Crippen molar-refractivity contribution < 1.29 is 5.11 Å². The maximum Gasteiger partial charge on any atom is 0.0571 e. The summed E-state index contributed by atoms with van der Waals surface area (Å²) in [7, 11) is 0. The van der Waals surface area contributed by atoms with Gasteiger partial charge in [-0.3, -0.25) is 0 Å². The van der Waals surface area contributed by atoms with Gasteiger partial charge in [0.1, 0.15) is 0 Å². The fourth-order valence-electron chi connectivity index (χ4n) is 1.69. The van der Waals surface area contributed by atoms with E-state index in [0.29, 0.717) is 5.92 Å². The molecule has 72 valence electrons. The molecule has 0 aromatic carbocycles. The molecule has 1 nitrogen and oxygen atoms in total. The van der Waals surface area contributed by atoms with Crippen LogP contribution in [-0.2, 0) is 6.42 Å². The van der Waals surface area contributed by atoms with Gasteiger partial charge in [-0.15, -0.1) is 11.3 Å². The minimum absolute atomic E-state index is 0.0423. The smallest absolute Gasteiger partial charge is 0.0571 e. The van der Waals surface area contributed by atoms with Gasteiger partial charge in [-0.1, -0.05) is 0 Å². The average Bonchev–Trinajstić information content (AvgIpc) is 2.88. The molecule has 2 rings (SSSR count). The Labute approximate surface area is 83.4 Å². The van der Waals surface area contributed by atoms with Crippen LogP contribution in [-0.4, -0.2) is 11.2 Å². The molecule has 1 saturated carbocycles. The van der Waals surface area contributed by atoms with Gasteiger partial charge in [-0.05, 0) is 55.5 Å². The molecule has 1 atom stereocenters. The number of aryl methyl sites for hydroxylation is 2. The first kappa shape index (κ1) is 9.22. The molecular formula is C11H16OS. The maximum atomic E-state index is 9.68. The highest BCUT2D eigenvalue weighted by molar-refractivity contribution is 7.10. The standard InChI is InChI=1S/C11H16OS/c1-8-9(6-7-13-8)4-5-11(12)10-2-3-10/h6-7,10-12H,2-5H2,1H3. The van der Waals surface area contributed by atoms with E-state index < -0.39 is 0 Å². The summed E-state index contributed by atoms with van der Waals surface area (Å²) in [5.41, 5.74) is 1.42. The number of hydrogen-bond acceptors (Lipinski definition) is 2. The summed E-state index contributed by atoms with van der Waals surface area (Å²) in [6, 6.07) is 2.18. The zero-order valence-corrected chi connectivity index (χ0v) is 8.81. The molecule has 1 aliphatic carbocycles. The Morgan fingerprint density at radius 3 is 2.92 bits per heavy atom. The lowest BCUT2D eigenvalue weighted by atomic mass is 10.1. The summed E-state index contributed by atoms with van der Waals surface area (Å²) in [4.78, 5) is 1.41. The number of aliphatic hydroxyl groups is 1. The van der Waals surface area contributed by atoms with Crippen molar-refractivity contribution in [3.8, 4) is 0 Å². The van der Waals surface area contributed by atoms with Crippen LogP contribution in [0.1, 0.15) is 29.7 Å². The Kier molecular flexibility index (Phi) is 2.70. The fourth-order valence-corrected chi connectivity index (χ4v) is 2.45. The zero-order chi connectivity index (χ0) is 9.26. The second-order valence-corrected chi connectivity index (χ2v) is 5.07. The van der Waals surface area contributed by atoms with E-state index in [-0.39, 0.29) is 6.10 Å². The van der Waals surface area contributed by atoms with Crippen LogP contribution in [0.5, 0.6) is 0 Å². The molecule has 0 spiro atoms. The Balaban J connectivity index is 1.81. The van der Waals surface area contributed by atoms with Crippen LogP contribution < -0.4 is 0 Å². The van der Waals surface area contributed by atoms with Crippen LogP contribution in [0.3, 0.4) is 0 Å². The summed E-state index contributed by atoms with van der Waals surface area (Å²) in [6.07, 6.45) is 4.43. The molecule has 0 aliphatic heterocycles. The van der Waals surface area contributed by atoms with Crippen molar-refractivity contribution in [1.29, 1.82) is 0 Å². The van der Waals surface area contributed by atoms with Crippen molar-refractivity contribution in [3.05, 3.63) is 21.9 Å². The van der Waals surface area contributed by atoms with Crippen molar-refractivity contribution in [2.75, 3.05) is 0 Å². The molecule has 0 amide bonds. The van der Waals surface area contributed by atoms with Crippen LogP contribution in [0.2, 0.25) is 0 Å². The van der Waals surface area contributed by atoms with Crippen molar-refractivity contribution in [2.45, 2.75) is 38.7 Å².